The highest BCUT2D eigenvalue weighted by Crippen LogP contribution is 2.26. The van der Waals surface area contributed by atoms with Gasteiger partial charge in [-0.3, -0.25) is 9.78 Å². The van der Waals surface area contributed by atoms with E-state index in [9.17, 15) is 9.18 Å². The number of carbonyl (C=O) groups excluding carboxylic acids is 1. The van der Waals surface area contributed by atoms with Gasteiger partial charge >= 0.3 is 0 Å². The fourth-order valence-electron chi connectivity index (χ4n) is 1.78. The molecular weight excluding hydrogens is 325 g/mol. The molecule has 1 atom stereocenters. The van der Waals surface area contributed by atoms with Crippen LogP contribution < -0.4 is 11.1 Å². The first-order valence-corrected chi connectivity index (χ1v) is 6.67. The van der Waals surface area contributed by atoms with Crippen LogP contribution in [-0.4, -0.2) is 10.9 Å². The lowest BCUT2D eigenvalue weighted by atomic mass is 9.95. The summed E-state index contributed by atoms with van der Waals surface area (Å²) in [5, 5.41) is 3.04. The summed E-state index contributed by atoms with van der Waals surface area (Å²) in [5.74, 6) is -1.07. The molecule has 0 radical (unpaired) electrons. The van der Waals surface area contributed by atoms with Crippen molar-refractivity contribution in [3.8, 4) is 0 Å². The van der Waals surface area contributed by atoms with Crippen molar-refractivity contribution in [3.63, 3.8) is 0 Å². The van der Waals surface area contributed by atoms with Gasteiger partial charge in [-0.2, -0.15) is 0 Å². The standard InChI is InChI=1S/C14H13BrFN3O/c1-14(13(17)20,12-6-5-10(16)8-18-12)19-11-4-2-3-9(15)7-11/h2-8,19H,1H3,(H2,17,20). The third-order valence-corrected chi connectivity index (χ3v) is 3.44. The van der Waals surface area contributed by atoms with Gasteiger partial charge in [-0.05, 0) is 37.3 Å². The summed E-state index contributed by atoms with van der Waals surface area (Å²) in [5.41, 5.74) is 5.31. The van der Waals surface area contributed by atoms with Gasteiger partial charge in [-0.1, -0.05) is 22.0 Å². The van der Waals surface area contributed by atoms with Gasteiger partial charge in [0, 0.05) is 10.2 Å². The van der Waals surface area contributed by atoms with Gasteiger partial charge in [0.1, 0.15) is 5.82 Å². The number of amides is 1. The van der Waals surface area contributed by atoms with Crippen LogP contribution in [-0.2, 0) is 10.3 Å². The van der Waals surface area contributed by atoms with Crippen LogP contribution in [0.2, 0.25) is 0 Å². The van der Waals surface area contributed by atoms with E-state index >= 15 is 0 Å². The molecule has 2 aromatic rings. The van der Waals surface area contributed by atoms with Gasteiger partial charge < -0.3 is 11.1 Å². The lowest BCUT2D eigenvalue weighted by molar-refractivity contribution is -0.122. The lowest BCUT2D eigenvalue weighted by Crippen LogP contribution is -2.45. The summed E-state index contributed by atoms with van der Waals surface area (Å²) in [7, 11) is 0. The van der Waals surface area contributed by atoms with E-state index < -0.39 is 17.3 Å². The molecule has 0 aliphatic carbocycles. The predicted molar refractivity (Wildman–Crippen MR) is 78.5 cm³/mol. The summed E-state index contributed by atoms with van der Waals surface area (Å²) in [6.45, 7) is 1.61. The first-order valence-electron chi connectivity index (χ1n) is 5.87. The van der Waals surface area contributed by atoms with E-state index in [0.29, 0.717) is 11.4 Å². The number of nitrogens with one attached hydrogen (secondary N) is 1. The molecule has 0 saturated carbocycles. The van der Waals surface area contributed by atoms with Crippen LogP contribution in [0, 0.1) is 5.82 Å². The van der Waals surface area contributed by atoms with E-state index in [1.165, 1.54) is 12.1 Å². The van der Waals surface area contributed by atoms with E-state index in [-0.39, 0.29) is 0 Å². The van der Waals surface area contributed by atoms with Gasteiger partial charge in [0.05, 0.1) is 11.9 Å². The Morgan fingerprint density at radius 1 is 1.40 bits per heavy atom. The highest BCUT2D eigenvalue weighted by atomic mass is 79.9. The Morgan fingerprint density at radius 2 is 2.15 bits per heavy atom. The second-order valence-electron chi connectivity index (χ2n) is 4.49. The zero-order valence-electron chi connectivity index (χ0n) is 10.7. The van der Waals surface area contributed by atoms with Crippen LogP contribution in [0.5, 0.6) is 0 Å². The van der Waals surface area contributed by atoms with E-state index in [4.69, 9.17) is 5.73 Å². The Labute approximate surface area is 124 Å². The Balaban J connectivity index is 2.39. The SMILES string of the molecule is CC(Nc1cccc(Br)c1)(C(N)=O)c1ccc(F)cn1. The van der Waals surface area contributed by atoms with E-state index in [1.807, 2.05) is 18.2 Å². The smallest absolute Gasteiger partial charge is 0.249 e. The molecule has 0 bridgehead atoms. The number of hydrogen-bond acceptors (Lipinski definition) is 3. The molecule has 0 saturated heterocycles. The van der Waals surface area contributed by atoms with Crippen LogP contribution >= 0.6 is 15.9 Å². The second-order valence-corrected chi connectivity index (χ2v) is 5.40. The minimum absolute atomic E-state index is 0.353. The molecule has 6 heteroatoms. The van der Waals surface area contributed by atoms with Crippen molar-refractivity contribution in [3.05, 3.63) is 58.6 Å². The summed E-state index contributed by atoms with van der Waals surface area (Å²) in [6.07, 6.45) is 1.05. The fourth-order valence-corrected chi connectivity index (χ4v) is 2.18. The molecule has 0 fully saturated rings. The van der Waals surface area contributed by atoms with Crippen LogP contribution in [0.1, 0.15) is 12.6 Å². The molecule has 0 spiro atoms. The maximum Gasteiger partial charge on any atom is 0.249 e. The molecule has 0 aliphatic heterocycles. The number of benzene rings is 1. The van der Waals surface area contributed by atoms with Gasteiger partial charge in [0.15, 0.2) is 5.54 Å². The molecule has 1 aromatic carbocycles. The Bertz CT molecular complexity index is 633. The number of nitrogens with zero attached hydrogens (tertiary/aromatic N) is 1. The van der Waals surface area contributed by atoms with Crippen molar-refractivity contribution < 1.29 is 9.18 Å². The fraction of sp³-hybridized carbons (Fsp3) is 0.143. The monoisotopic (exact) mass is 337 g/mol. The Kier molecular flexibility index (Phi) is 4.04. The normalized spacial score (nSPS) is 13.6. The van der Waals surface area contributed by atoms with Crippen molar-refractivity contribution in [2.45, 2.75) is 12.5 Å². The van der Waals surface area contributed by atoms with Gasteiger partial charge in [0.25, 0.3) is 0 Å². The largest absolute Gasteiger partial charge is 0.367 e. The molecule has 0 aliphatic rings. The average molecular weight is 338 g/mol. The summed E-state index contributed by atoms with van der Waals surface area (Å²) in [6, 6.07) is 9.98. The van der Waals surface area contributed by atoms with Crippen molar-refractivity contribution in [1.29, 1.82) is 0 Å². The zero-order chi connectivity index (χ0) is 14.8. The van der Waals surface area contributed by atoms with Crippen molar-refractivity contribution in [2.75, 3.05) is 5.32 Å². The quantitative estimate of drug-likeness (QED) is 0.901. The number of hydrogen-bond donors (Lipinski definition) is 2. The molecule has 2 rings (SSSR count). The molecule has 20 heavy (non-hydrogen) atoms. The van der Waals surface area contributed by atoms with Gasteiger partial charge in [0.2, 0.25) is 5.91 Å². The molecule has 4 nitrogen and oxygen atoms in total. The third kappa shape index (κ3) is 2.96. The molecular formula is C14H13BrFN3O. The Hall–Kier alpha value is -1.95. The summed E-state index contributed by atoms with van der Waals surface area (Å²) < 4.78 is 13.8. The average Bonchev–Trinajstić information content (AvgIpc) is 2.39. The number of anilines is 1. The van der Waals surface area contributed by atoms with Gasteiger partial charge in [-0.25, -0.2) is 4.39 Å². The molecule has 1 aromatic heterocycles. The zero-order valence-corrected chi connectivity index (χ0v) is 12.3. The number of halogens is 2. The van der Waals surface area contributed by atoms with Crippen molar-refractivity contribution in [1.82, 2.24) is 4.98 Å². The first kappa shape index (κ1) is 14.5. The second kappa shape index (κ2) is 5.58. The molecule has 3 N–H and O–H groups in total. The summed E-state index contributed by atoms with van der Waals surface area (Å²) in [4.78, 5) is 15.8. The maximum atomic E-state index is 13.0. The summed E-state index contributed by atoms with van der Waals surface area (Å²) >= 11 is 3.35. The van der Waals surface area contributed by atoms with Crippen molar-refractivity contribution >= 4 is 27.5 Å². The number of pyridine rings is 1. The molecule has 1 amide bonds. The molecule has 1 unspecified atom stereocenters. The number of nitrogens with two attached hydrogens (primary N) is 1. The third-order valence-electron chi connectivity index (χ3n) is 2.95. The highest BCUT2D eigenvalue weighted by molar-refractivity contribution is 9.10. The minimum atomic E-state index is -1.23. The Morgan fingerprint density at radius 3 is 2.70 bits per heavy atom. The van der Waals surface area contributed by atoms with Crippen molar-refractivity contribution in [2.24, 2.45) is 5.73 Å². The maximum absolute atomic E-state index is 13.0. The van der Waals surface area contributed by atoms with Crippen LogP contribution in [0.4, 0.5) is 10.1 Å². The topological polar surface area (TPSA) is 68.0 Å². The molecule has 1 heterocycles. The first-order chi connectivity index (χ1) is 9.41. The van der Waals surface area contributed by atoms with E-state index in [2.05, 4.69) is 26.2 Å². The predicted octanol–water partition coefficient (Wildman–Crippen LogP) is 2.80. The van der Waals surface area contributed by atoms with Crippen LogP contribution in [0.15, 0.2) is 47.1 Å². The van der Waals surface area contributed by atoms with Gasteiger partial charge in [-0.15, -0.1) is 0 Å². The number of carbonyl (C=O) groups is 1. The van der Waals surface area contributed by atoms with E-state index in [1.54, 1.807) is 13.0 Å². The van der Waals surface area contributed by atoms with E-state index in [0.717, 1.165) is 10.7 Å². The minimum Gasteiger partial charge on any atom is -0.367 e. The lowest BCUT2D eigenvalue weighted by Gasteiger charge is -2.28. The van der Waals surface area contributed by atoms with Crippen LogP contribution in [0.25, 0.3) is 0 Å². The van der Waals surface area contributed by atoms with Crippen LogP contribution in [0.3, 0.4) is 0 Å². The molecule has 104 valence electrons. The number of aromatic nitrogens is 1. The number of rotatable bonds is 4. The number of primary amides is 1. The highest BCUT2D eigenvalue weighted by Gasteiger charge is 2.34.